The number of piperidine rings is 1. The summed E-state index contributed by atoms with van der Waals surface area (Å²) in [4.78, 5) is 14.2. The molecular formula is C15H29N3O. The van der Waals surface area contributed by atoms with E-state index in [1.165, 1.54) is 38.5 Å². The van der Waals surface area contributed by atoms with Crippen molar-refractivity contribution in [2.75, 3.05) is 33.2 Å². The van der Waals surface area contributed by atoms with Crippen LogP contribution in [0.2, 0.25) is 0 Å². The molecule has 2 rings (SSSR count). The van der Waals surface area contributed by atoms with E-state index in [1.54, 1.807) is 0 Å². The quantitative estimate of drug-likeness (QED) is 0.791. The van der Waals surface area contributed by atoms with Gasteiger partial charge < -0.3 is 15.5 Å². The third-order valence-electron chi connectivity index (χ3n) is 4.81. The molecule has 4 heteroatoms. The second kappa shape index (κ2) is 6.71. The number of hydrogen-bond acceptors (Lipinski definition) is 3. The van der Waals surface area contributed by atoms with Crippen LogP contribution in [0, 0.1) is 5.41 Å². The van der Waals surface area contributed by atoms with Gasteiger partial charge in [0.2, 0.25) is 5.91 Å². The molecule has 0 atom stereocenters. The van der Waals surface area contributed by atoms with Crippen molar-refractivity contribution in [1.82, 2.24) is 15.5 Å². The molecule has 1 heterocycles. The molecule has 2 fully saturated rings. The number of nitrogens with one attached hydrogen (secondary N) is 2. The van der Waals surface area contributed by atoms with Crippen molar-refractivity contribution >= 4 is 5.91 Å². The minimum atomic E-state index is 0.159. The molecule has 110 valence electrons. The Kier molecular flexibility index (Phi) is 5.22. The number of nitrogens with zero attached hydrogens (tertiary/aromatic N) is 1. The first-order chi connectivity index (χ1) is 9.07. The van der Waals surface area contributed by atoms with Crippen molar-refractivity contribution < 1.29 is 4.79 Å². The van der Waals surface area contributed by atoms with Crippen molar-refractivity contribution in [2.24, 2.45) is 5.41 Å². The molecule has 19 heavy (non-hydrogen) atoms. The highest BCUT2D eigenvalue weighted by Gasteiger charge is 2.29. The maximum absolute atomic E-state index is 11.9. The zero-order valence-electron chi connectivity index (χ0n) is 12.5. The summed E-state index contributed by atoms with van der Waals surface area (Å²) in [5, 5.41) is 6.48. The lowest BCUT2D eigenvalue weighted by Crippen LogP contribution is -2.46. The summed E-state index contributed by atoms with van der Waals surface area (Å²) in [6, 6.07) is 0.574. The molecule has 0 aromatic carbocycles. The highest BCUT2D eigenvalue weighted by Crippen LogP contribution is 2.29. The van der Waals surface area contributed by atoms with Gasteiger partial charge in [0.15, 0.2) is 0 Å². The van der Waals surface area contributed by atoms with Gasteiger partial charge in [0, 0.05) is 12.6 Å². The van der Waals surface area contributed by atoms with E-state index in [1.807, 2.05) is 0 Å². The molecule has 0 radical (unpaired) electrons. The first kappa shape index (κ1) is 14.8. The molecule has 2 N–H and O–H groups in total. The molecule has 0 spiro atoms. The lowest BCUT2D eigenvalue weighted by molar-refractivity contribution is -0.121. The summed E-state index contributed by atoms with van der Waals surface area (Å²) < 4.78 is 0. The van der Waals surface area contributed by atoms with Crippen LogP contribution in [0.15, 0.2) is 0 Å². The van der Waals surface area contributed by atoms with Crippen LogP contribution in [0.25, 0.3) is 0 Å². The molecule has 1 aliphatic heterocycles. The van der Waals surface area contributed by atoms with Crippen LogP contribution in [0.5, 0.6) is 0 Å². The molecule has 1 saturated heterocycles. The first-order valence-corrected chi connectivity index (χ1v) is 7.76. The summed E-state index contributed by atoms with van der Waals surface area (Å²) in [5.41, 5.74) is 0.287. The van der Waals surface area contributed by atoms with E-state index in [4.69, 9.17) is 0 Å². The van der Waals surface area contributed by atoms with Crippen LogP contribution >= 0.6 is 0 Å². The predicted molar refractivity (Wildman–Crippen MR) is 78.1 cm³/mol. The van der Waals surface area contributed by atoms with E-state index >= 15 is 0 Å². The molecule has 0 unspecified atom stereocenters. The van der Waals surface area contributed by atoms with Gasteiger partial charge in [-0.2, -0.15) is 0 Å². The van der Waals surface area contributed by atoms with Gasteiger partial charge in [-0.05, 0) is 51.2 Å². The Morgan fingerprint density at radius 2 is 1.89 bits per heavy atom. The smallest absolute Gasteiger partial charge is 0.233 e. The Morgan fingerprint density at radius 3 is 2.53 bits per heavy atom. The average molecular weight is 267 g/mol. The van der Waals surface area contributed by atoms with E-state index in [-0.39, 0.29) is 11.3 Å². The van der Waals surface area contributed by atoms with E-state index in [2.05, 4.69) is 29.5 Å². The van der Waals surface area contributed by atoms with Crippen LogP contribution in [0.4, 0.5) is 0 Å². The Morgan fingerprint density at radius 1 is 1.26 bits per heavy atom. The summed E-state index contributed by atoms with van der Waals surface area (Å²) >= 11 is 0. The maximum Gasteiger partial charge on any atom is 0.233 e. The van der Waals surface area contributed by atoms with E-state index in [0.29, 0.717) is 12.6 Å². The highest BCUT2D eigenvalue weighted by molar-refractivity contribution is 5.78. The minimum Gasteiger partial charge on any atom is -0.354 e. The van der Waals surface area contributed by atoms with Crippen LogP contribution < -0.4 is 10.6 Å². The molecule has 0 aromatic heterocycles. The number of hydrogen-bond donors (Lipinski definition) is 2. The fourth-order valence-electron chi connectivity index (χ4n) is 3.08. The van der Waals surface area contributed by atoms with Gasteiger partial charge in [0.25, 0.3) is 0 Å². The topological polar surface area (TPSA) is 44.4 Å². The third kappa shape index (κ3) is 4.77. The van der Waals surface area contributed by atoms with Gasteiger partial charge in [-0.3, -0.25) is 4.79 Å². The van der Waals surface area contributed by atoms with Gasteiger partial charge in [-0.25, -0.2) is 0 Å². The molecule has 1 aliphatic carbocycles. The Labute approximate surface area is 117 Å². The molecule has 1 amide bonds. The van der Waals surface area contributed by atoms with Crippen LogP contribution in [-0.2, 0) is 4.79 Å². The second-order valence-corrected chi connectivity index (χ2v) is 6.75. The largest absolute Gasteiger partial charge is 0.354 e. The van der Waals surface area contributed by atoms with Crippen molar-refractivity contribution in [3.63, 3.8) is 0 Å². The Balaban J connectivity index is 1.62. The SMILES string of the molecule is CN1CCC(C)(CNC(=O)CNC2CCCC2)CC1. The molecule has 4 nitrogen and oxygen atoms in total. The number of likely N-dealkylation sites (tertiary alicyclic amines) is 1. The van der Waals surface area contributed by atoms with Crippen molar-refractivity contribution in [3.05, 3.63) is 0 Å². The van der Waals surface area contributed by atoms with E-state index in [0.717, 1.165) is 19.6 Å². The monoisotopic (exact) mass is 267 g/mol. The third-order valence-corrected chi connectivity index (χ3v) is 4.81. The first-order valence-electron chi connectivity index (χ1n) is 7.76. The summed E-state index contributed by atoms with van der Waals surface area (Å²) in [7, 11) is 2.17. The molecular weight excluding hydrogens is 238 g/mol. The predicted octanol–water partition coefficient (Wildman–Crippen LogP) is 1.37. The van der Waals surface area contributed by atoms with Gasteiger partial charge >= 0.3 is 0 Å². The van der Waals surface area contributed by atoms with Gasteiger partial charge in [0.05, 0.1) is 6.54 Å². The Bertz CT molecular complexity index is 292. The standard InChI is InChI=1S/C15H29N3O/c1-15(7-9-18(2)10-8-15)12-17-14(19)11-16-13-5-3-4-6-13/h13,16H,3-12H2,1-2H3,(H,17,19). The lowest BCUT2D eigenvalue weighted by atomic mass is 9.80. The fourth-order valence-corrected chi connectivity index (χ4v) is 3.08. The zero-order chi connectivity index (χ0) is 13.7. The maximum atomic E-state index is 11.9. The van der Waals surface area contributed by atoms with Gasteiger partial charge in [0.1, 0.15) is 0 Å². The Hall–Kier alpha value is -0.610. The number of rotatable bonds is 5. The van der Waals surface area contributed by atoms with Gasteiger partial charge in [-0.1, -0.05) is 19.8 Å². The number of amides is 1. The number of carbonyl (C=O) groups is 1. The van der Waals surface area contributed by atoms with Crippen LogP contribution in [0.3, 0.4) is 0 Å². The average Bonchev–Trinajstić information content (AvgIpc) is 2.91. The molecule has 0 aromatic rings. The lowest BCUT2D eigenvalue weighted by Gasteiger charge is -2.38. The van der Waals surface area contributed by atoms with E-state index in [9.17, 15) is 4.79 Å². The van der Waals surface area contributed by atoms with E-state index < -0.39 is 0 Å². The molecule has 2 aliphatic rings. The van der Waals surface area contributed by atoms with Crippen LogP contribution in [-0.4, -0.2) is 50.1 Å². The summed E-state index contributed by atoms with van der Waals surface area (Å²) in [6.07, 6.45) is 7.45. The van der Waals surface area contributed by atoms with Crippen molar-refractivity contribution in [2.45, 2.75) is 51.5 Å². The summed E-state index contributed by atoms with van der Waals surface area (Å²) in [5.74, 6) is 0.159. The minimum absolute atomic E-state index is 0.159. The van der Waals surface area contributed by atoms with Gasteiger partial charge in [-0.15, -0.1) is 0 Å². The zero-order valence-corrected chi connectivity index (χ0v) is 12.5. The molecule has 0 bridgehead atoms. The summed E-state index contributed by atoms with van der Waals surface area (Å²) in [6.45, 7) is 5.90. The number of carbonyl (C=O) groups excluding carboxylic acids is 1. The highest BCUT2D eigenvalue weighted by atomic mass is 16.1. The second-order valence-electron chi connectivity index (χ2n) is 6.75. The van der Waals surface area contributed by atoms with Crippen molar-refractivity contribution in [3.8, 4) is 0 Å². The van der Waals surface area contributed by atoms with Crippen LogP contribution in [0.1, 0.15) is 45.4 Å². The molecule has 1 saturated carbocycles. The fraction of sp³-hybridized carbons (Fsp3) is 0.933. The van der Waals surface area contributed by atoms with Crippen molar-refractivity contribution in [1.29, 1.82) is 0 Å². The normalized spacial score (nSPS) is 24.5.